The van der Waals surface area contributed by atoms with Crippen LogP contribution in [0.5, 0.6) is 0 Å². The molecule has 0 unspecified atom stereocenters. The van der Waals surface area contributed by atoms with Crippen LogP contribution in [0.4, 0.5) is 0 Å². The number of nitrogens with zero attached hydrogens (tertiary/aromatic N) is 2. The van der Waals surface area contributed by atoms with E-state index in [-0.39, 0.29) is 0 Å². The molecule has 1 aromatic heterocycles. The second-order valence-corrected chi connectivity index (χ2v) is 16.6. The first kappa shape index (κ1) is 35.4. The van der Waals surface area contributed by atoms with E-state index in [1.807, 2.05) is 0 Å². The Bertz CT molecular complexity index is 3680. The van der Waals surface area contributed by atoms with Crippen LogP contribution >= 0.6 is 0 Å². The maximum Gasteiger partial charge on any atom is 0.145 e. The van der Waals surface area contributed by atoms with Crippen LogP contribution < -0.4 is 0 Å². The number of aromatic nitrogens is 2. The normalized spacial score (nSPS) is 11.8. The molecule has 63 heavy (non-hydrogen) atoms. The molecule has 0 fully saturated rings. The van der Waals surface area contributed by atoms with Gasteiger partial charge in [0, 0.05) is 11.3 Å². The number of para-hydroxylation sites is 3. The third-order valence-corrected chi connectivity index (χ3v) is 13.1. The molecular weight excluding hydrogens is 761 g/mol. The Labute approximate surface area is 365 Å². The van der Waals surface area contributed by atoms with Gasteiger partial charge in [-0.2, -0.15) is 0 Å². The Morgan fingerprint density at radius 2 is 0.810 bits per heavy atom. The number of imidazole rings is 1. The zero-order valence-corrected chi connectivity index (χ0v) is 34.3. The van der Waals surface area contributed by atoms with E-state index >= 15 is 0 Å². The highest BCUT2D eigenvalue weighted by Gasteiger charge is 2.31. The van der Waals surface area contributed by atoms with E-state index in [0.717, 1.165) is 33.7 Å². The second kappa shape index (κ2) is 14.1. The summed E-state index contributed by atoms with van der Waals surface area (Å²) in [5.74, 6) is 0.934. The standard InChI is InChI=1S/C61H38N2/c1-4-16-39(17-5-1)56-50-24-10-11-25-51(50)57(40-18-6-2-7-19-40)60-53-35-34-48(49-26-15-27-52(58(49)53)59(56)60)45-33-32-43-36-42(30-31-44(43)37-45)41-20-14-21-46(38-41)61-62-54-28-12-13-29-55(54)63(61)47-22-8-3-9-23-47/h1-38H. The predicted octanol–water partition coefficient (Wildman–Crippen LogP) is 16.5. The minimum absolute atomic E-state index is 0.934. The molecule has 2 heteroatoms. The van der Waals surface area contributed by atoms with Gasteiger partial charge < -0.3 is 0 Å². The summed E-state index contributed by atoms with van der Waals surface area (Å²) in [5.41, 5.74) is 19.4. The number of rotatable bonds is 6. The summed E-state index contributed by atoms with van der Waals surface area (Å²) in [7, 11) is 0. The SMILES string of the molecule is c1ccc(-c2c3c(c(-c4ccccc4)c4ccccc24)-c2ccc(-c4ccc5cc(-c6cccc(-c7nc8ccccc8n7-c7ccccc7)c6)ccc5c4)c4cccc-3c24)cc1. The summed E-state index contributed by atoms with van der Waals surface area (Å²) in [6, 6.07) is 84.0. The van der Waals surface area contributed by atoms with Gasteiger partial charge in [-0.3, -0.25) is 4.57 Å². The van der Waals surface area contributed by atoms with E-state index < -0.39 is 0 Å². The van der Waals surface area contributed by atoms with Gasteiger partial charge in [0.15, 0.2) is 0 Å². The molecule has 0 aliphatic heterocycles. The van der Waals surface area contributed by atoms with Crippen molar-refractivity contribution in [1.29, 1.82) is 0 Å². The number of benzene rings is 11. The first-order valence-corrected chi connectivity index (χ1v) is 21.7. The summed E-state index contributed by atoms with van der Waals surface area (Å²) >= 11 is 0. The highest BCUT2D eigenvalue weighted by atomic mass is 15.1. The Morgan fingerprint density at radius 1 is 0.302 bits per heavy atom. The van der Waals surface area contributed by atoms with E-state index in [2.05, 4.69) is 235 Å². The van der Waals surface area contributed by atoms with Crippen LogP contribution in [-0.4, -0.2) is 9.55 Å². The lowest BCUT2D eigenvalue weighted by Gasteiger charge is -2.20. The van der Waals surface area contributed by atoms with Gasteiger partial charge in [0.2, 0.25) is 0 Å². The van der Waals surface area contributed by atoms with Crippen molar-refractivity contribution in [2.24, 2.45) is 0 Å². The fourth-order valence-corrected chi connectivity index (χ4v) is 10.4. The topological polar surface area (TPSA) is 17.8 Å². The number of fused-ring (bicyclic) bond motifs is 6. The molecule has 12 aromatic rings. The first-order chi connectivity index (χ1) is 31.3. The van der Waals surface area contributed by atoms with Crippen LogP contribution in [0.1, 0.15) is 0 Å². The second-order valence-electron chi connectivity index (χ2n) is 16.6. The fourth-order valence-electron chi connectivity index (χ4n) is 10.4. The molecule has 1 heterocycles. The maximum atomic E-state index is 5.14. The molecule has 292 valence electrons. The Hall–Kier alpha value is -8.33. The van der Waals surface area contributed by atoms with Crippen molar-refractivity contribution in [2.75, 3.05) is 0 Å². The lowest BCUT2D eigenvalue weighted by Crippen LogP contribution is -1.97. The van der Waals surface area contributed by atoms with Crippen LogP contribution in [0.25, 0.3) is 127 Å². The smallest absolute Gasteiger partial charge is 0.145 e. The lowest BCUT2D eigenvalue weighted by atomic mass is 9.82. The number of hydrogen-bond acceptors (Lipinski definition) is 1. The van der Waals surface area contributed by atoms with Gasteiger partial charge in [-0.05, 0) is 142 Å². The molecule has 0 saturated carbocycles. The van der Waals surface area contributed by atoms with Gasteiger partial charge in [-0.15, -0.1) is 0 Å². The Balaban J connectivity index is 0.933. The maximum absolute atomic E-state index is 5.14. The van der Waals surface area contributed by atoms with Gasteiger partial charge in [-0.25, -0.2) is 4.98 Å². The quantitative estimate of drug-likeness (QED) is 0.164. The number of hydrogen-bond donors (Lipinski definition) is 0. The molecule has 0 radical (unpaired) electrons. The molecule has 0 spiro atoms. The van der Waals surface area contributed by atoms with Crippen LogP contribution in [0, 0.1) is 0 Å². The summed E-state index contributed by atoms with van der Waals surface area (Å²) in [6.07, 6.45) is 0. The van der Waals surface area contributed by atoms with Gasteiger partial charge in [0.1, 0.15) is 5.82 Å². The van der Waals surface area contributed by atoms with E-state index in [1.54, 1.807) is 0 Å². The monoisotopic (exact) mass is 798 g/mol. The van der Waals surface area contributed by atoms with Crippen molar-refractivity contribution in [2.45, 2.75) is 0 Å². The molecule has 0 atom stereocenters. The Kier molecular flexibility index (Phi) is 7.94. The average Bonchev–Trinajstić information content (AvgIpc) is 3.91. The highest BCUT2D eigenvalue weighted by Crippen LogP contribution is 2.58. The van der Waals surface area contributed by atoms with E-state index in [1.165, 1.54) is 93.5 Å². The lowest BCUT2D eigenvalue weighted by molar-refractivity contribution is 1.10. The molecule has 1 aliphatic carbocycles. The van der Waals surface area contributed by atoms with Crippen molar-refractivity contribution in [3.63, 3.8) is 0 Å². The average molecular weight is 799 g/mol. The summed E-state index contributed by atoms with van der Waals surface area (Å²) in [5, 5.41) is 7.58. The van der Waals surface area contributed by atoms with Crippen molar-refractivity contribution >= 4 is 43.4 Å². The molecule has 11 aromatic carbocycles. The van der Waals surface area contributed by atoms with Gasteiger partial charge >= 0.3 is 0 Å². The van der Waals surface area contributed by atoms with Crippen LogP contribution in [0.2, 0.25) is 0 Å². The van der Waals surface area contributed by atoms with E-state index in [4.69, 9.17) is 4.98 Å². The molecular formula is C61H38N2. The zero-order chi connectivity index (χ0) is 41.4. The molecule has 0 saturated heterocycles. The minimum atomic E-state index is 0.934. The van der Waals surface area contributed by atoms with Crippen LogP contribution in [0.3, 0.4) is 0 Å². The van der Waals surface area contributed by atoms with E-state index in [0.29, 0.717) is 0 Å². The van der Waals surface area contributed by atoms with Crippen molar-refractivity contribution in [3.05, 3.63) is 231 Å². The van der Waals surface area contributed by atoms with Crippen molar-refractivity contribution < 1.29 is 0 Å². The first-order valence-electron chi connectivity index (χ1n) is 21.7. The molecule has 0 N–H and O–H groups in total. The van der Waals surface area contributed by atoms with Crippen LogP contribution in [0.15, 0.2) is 231 Å². The van der Waals surface area contributed by atoms with Gasteiger partial charge in [0.25, 0.3) is 0 Å². The Morgan fingerprint density at radius 3 is 1.52 bits per heavy atom. The summed E-state index contributed by atoms with van der Waals surface area (Å²) in [6.45, 7) is 0. The molecule has 0 bridgehead atoms. The third-order valence-electron chi connectivity index (χ3n) is 13.1. The summed E-state index contributed by atoms with van der Waals surface area (Å²) < 4.78 is 2.27. The third kappa shape index (κ3) is 5.55. The van der Waals surface area contributed by atoms with Gasteiger partial charge in [-0.1, -0.05) is 188 Å². The van der Waals surface area contributed by atoms with E-state index in [9.17, 15) is 0 Å². The molecule has 0 amide bonds. The fraction of sp³-hybridized carbons (Fsp3) is 0. The molecule has 13 rings (SSSR count). The van der Waals surface area contributed by atoms with Gasteiger partial charge in [0.05, 0.1) is 11.0 Å². The highest BCUT2D eigenvalue weighted by molar-refractivity contribution is 6.28. The predicted molar refractivity (Wildman–Crippen MR) is 265 cm³/mol. The van der Waals surface area contributed by atoms with Crippen LogP contribution in [-0.2, 0) is 0 Å². The molecule has 2 nitrogen and oxygen atoms in total. The minimum Gasteiger partial charge on any atom is -0.292 e. The summed E-state index contributed by atoms with van der Waals surface area (Å²) in [4.78, 5) is 5.14. The largest absolute Gasteiger partial charge is 0.292 e. The van der Waals surface area contributed by atoms with Crippen molar-refractivity contribution in [3.8, 4) is 83.8 Å². The molecule has 1 aliphatic rings. The zero-order valence-electron chi connectivity index (χ0n) is 34.3. The van der Waals surface area contributed by atoms with Crippen molar-refractivity contribution in [1.82, 2.24) is 9.55 Å².